The SMILES string of the molecule is CC1CC2=C(CCCC2)[C@H]2CC[C@]3(C)[C@H](C=C=O)CC[C@H]3[C@H]12. The van der Waals surface area contributed by atoms with Crippen molar-refractivity contribution >= 4 is 5.94 Å². The molecular weight excluding hydrogens is 268 g/mol. The molecule has 0 amide bonds. The van der Waals surface area contributed by atoms with E-state index in [2.05, 4.69) is 19.8 Å². The Morgan fingerprint density at radius 3 is 2.82 bits per heavy atom. The summed E-state index contributed by atoms with van der Waals surface area (Å²) in [7, 11) is 0. The summed E-state index contributed by atoms with van der Waals surface area (Å²) in [6.07, 6.45) is 14.1. The van der Waals surface area contributed by atoms with E-state index in [4.69, 9.17) is 0 Å². The molecule has 2 fully saturated rings. The first-order valence-corrected chi connectivity index (χ1v) is 9.57. The number of hydrogen-bond acceptors (Lipinski definition) is 1. The molecule has 0 heterocycles. The molecule has 6 atom stereocenters. The first-order chi connectivity index (χ1) is 10.6. The fourth-order valence-electron chi connectivity index (χ4n) is 6.99. The smallest absolute Gasteiger partial charge is 0.120 e. The highest BCUT2D eigenvalue weighted by Crippen LogP contribution is 2.64. The van der Waals surface area contributed by atoms with Crippen molar-refractivity contribution in [3.8, 4) is 0 Å². The molecule has 1 nitrogen and oxygen atoms in total. The van der Waals surface area contributed by atoms with Gasteiger partial charge in [0.25, 0.3) is 0 Å². The van der Waals surface area contributed by atoms with E-state index in [1.165, 1.54) is 57.8 Å². The fourth-order valence-corrected chi connectivity index (χ4v) is 6.99. The third-order valence-electron chi connectivity index (χ3n) is 7.98. The van der Waals surface area contributed by atoms with Gasteiger partial charge in [0.15, 0.2) is 0 Å². The number of fused-ring (bicyclic) bond motifs is 4. The average molecular weight is 298 g/mol. The summed E-state index contributed by atoms with van der Waals surface area (Å²) in [4.78, 5) is 10.9. The Hall–Kier alpha value is -0.810. The van der Waals surface area contributed by atoms with E-state index < -0.39 is 0 Å². The maximum atomic E-state index is 10.9. The zero-order valence-corrected chi connectivity index (χ0v) is 14.2. The molecule has 0 spiro atoms. The van der Waals surface area contributed by atoms with Gasteiger partial charge in [0.2, 0.25) is 0 Å². The van der Waals surface area contributed by atoms with Crippen LogP contribution >= 0.6 is 0 Å². The molecule has 0 aromatic heterocycles. The van der Waals surface area contributed by atoms with Crippen molar-refractivity contribution in [2.24, 2.45) is 35.0 Å². The molecule has 4 rings (SSSR count). The van der Waals surface area contributed by atoms with Crippen LogP contribution in [0.1, 0.15) is 71.6 Å². The lowest BCUT2D eigenvalue weighted by Gasteiger charge is -2.54. The predicted molar refractivity (Wildman–Crippen MR) is 90.1 cm³/mol. The summed E-state index contributed by atoms with van der Waals surface area (Å²) in [5, 5.41) is 0. The Morgan fingerprint density at radius 2 is 2.00 bits per heavy atom. The molecule has 1 heteroatoms. The van der Waals surface area contributed by atoms with Gasteiger partial charge in [-0.1, -0.05) is 25.0 Å². The van der Waals surface area contributed by atoms with Crippen LogP contribution in [0, 0.1) is 35.0 Å². The molecule has 0 bridgehead atoms. The molecule has 0 aromatic carbocycles. The monoisotopic (exact) mass is 298 g/mol. The maximum Gasteiger partial charge on any atom is 0.120 e. The average Bonchev–Trinajstić information content (AvgIpc) is 2.84. The quantitative estimate of drug-likeness (QED) is 0.471. The van der Waals surface area contributed by atoms with Crippen LogP contribution in [0.25, 0.3) is 0 Å². The lowest BCUT2D eigenvalue weighted by Crippen LogP contribution is -2.46. The van der Waals surface area contributed by atoms with E-state index in [9.17, 15) is 4.79 Å². The van der Waals surface area contributed by atoms with Gasteiger partial charge in [-0.3, -0.25) is 0 Å². The Balaban J connectivity index is 1.69. The van der Waals surface area contributed by atoms with E-state index in [1.54, 1.807) is 0 Å². The number of rotatable bonds is 1. The lowest BCUT2D eigenvalue weighted by molar-refractivity contribution is -0.000933. The van der Waals surface area contributed by atoms with Gasteiger partial charge >= 0.3 is 0 Å². The topological polar surface area (TPSA) is 17.1 Å². The minimum absolute atomic E-state index is 0.375. The molecule has 1 unspecified atom stereocenters. The highest BCUT2D eigenvalue weighted by atomic mass is 16.1. The largest absolute Gasteiger partial charge is 0.234 e. The third-order valence-corrected chi connectivity index (χ3v) is 7.98. The normalized spacial score (nSPS) is 47.3. The molecule has 2 saturated carbocycles. The molecule has 0 aliphatic heterocycles. The van der Waals surface area contributed by atoms with Crippen LogP contribution in [0.15, 0.2) is 17.2 Å². The van der Waals surface area contributed by atoms with E-state index in [1.807, 2.05) is 17.2 Å². The molecule has 0 radical (unpaired) electrons. The van der Waals surface area contributed by atoms with Crippen LogP contribution < -0.4 is 0 Å². The second kappa shape index (κ2) is 5.38. The highest BCUT2D eigenvalue weighted by Gasteiger charge is 2.55. The van der Waals surface area contributed by atoms with Crippen molar-refractivity contribution < 1.29 is 4.79 Å². The predicted octanol–water partition coefficient (Wildman–Crippen LogP) is 5.34. The van der Waals surface area contributed by atoms with Crippen LogP contribution in [-0.4, -0.2) is 5.94 Å². The standard InChI is InChI=1S/C21H30O/c1-14-13-15-5-3-4-6-17(15)18-9-11-21(2)16(10-12-22)7-8-19(21)20(14)18/h10,14,16,18-20H,3-9,11,13H2,1-2H3/t14?,16-,18+,19-,20+,21+/m0/s1. The molecule has 0 aromatic rings. The molecule has 4 aliphatic rings. The van der Waals surface area contributed by atoms with Crippen molar-refractivity contribution in [1.82, 2.24) is 0 Å². The van der Waals surface area contributed by atoms with E-state index >= 15 is 0 Å². The summed E-state index contributed by atoms with van der Waals surface area (Å²) in [5.41, 5.74) is 4.12. The number of hydrogen-bond donors (Lipinski definition) is 0. The van der Waals surface area contributed by atoms with Crippen LogP contribution in [0.2, 0.25) is 0 Å². The van der Waals surface area contributed by atoms with Crippen LogP contribution in [0.3, 0.4) is 0 Å². The van der Waals surface area contributed by atoms with Crippen molar-refractivity contribution in [1.29, 1.82) is 0 Å². The summed E-state index contributed by atoms with van der Waals surface area (Å²) < 4.78 is 0. The van der Waals surface area contributed by atoms with Gasteiger partial charge in [-0.25, -0.2) is 4.79 Å². The fraction of sp³-hybridized carbons (Fsp3) is 0.810. The Morgan fingerprint density at radius 1 is 1.18 bits per heavy atom. The van der Waals surface area contributed by atoms with E-state index in [0.717, 1.165) is 23.7 Å². The van der Waals surface area contributed by atoms with Gasteiger partial charge in [-0.15, -0.1) is 0 Å². The summed E-state index contributed by atoms with van der Waals surface area (Å²) >= 11 is 0. The van der Waals surface area contributed by atoms with Gasteiger partial charge in [-0.05, 0) is 92.8 Å². The minimum atomic E-state index is 0.375. The van der Waals surface area contributed by atoms with Gasteiger partial charge < -0.3 is 0 Å². The molecule has 22 heavy (non-hydrogen) atoms. The van der Waals surface area contributed by atoms with Crippen molar-refractivity contribution in [2.45, 2.75) is 71.6 Å². The Kier molecular flexibility index (Phi) is 3.61. The minimum Gasteiger partial charge on any atom is -0.234 e. The second-order valence-corrected chi connectivity index (χ2v) is 8.82. The van der Waals surface area contributed by atoms with E-state index in [-0.39, 0.29) is 0 Å². The van der Waals surface area contributed by atoms with Crippen molar-refractivity contribution in [2.75, 3.05) is 0 Å². The Labute approximate surface area is 135 Å². The zero-order valence-electron chi connectivity index (χ0n) is 14.2. The third kappa shape index (κ3) is 2.01. The zero-order chi connectivity index (χ0) is 15.3. The van der Waals surface area contributed by atoms with Gasteiger partial charge in [0.05, 0.1) is 0 Å². The van der Waals surface area contributed by atoms with Crippen LogP contribution in [0.4, 0.5) is 0 Å². The van der Waals surface area contributed by atoms with Gasteiger partial charge in [0, 0.05) is 6.08 Å². The number of allylic oxidation sites excluding steroid dienone is 3. The summed E-state index contributed by atoms with van der Waals surface area (Å²) in [6.45, 7) is 5.00. The van der Waals surface area contributed by atoms with Crippen LogP contribution in [-0.2, 0) is 4.79 Å². The molecule has 0 N–H and O–H groups in total. The Bertz CT molecular complexity index is 538. The first-order valence-electron chi connectivity index (χ1n) is 9.57. The van der Waals surface area contributed by atoms with Crippen molar-refractivity contribution in [3.05, 3.63) is 17.2 Å². The number of carbonyl (C=O) groups excluding carboxylic acids is 1. The summed E-state index contributed by atoms with van der Waals surface area (Å²) in [5.74, 6) is 6.07. The molecule has 120 valence electrons. The van der Waals surface area contributed by atoms with Crippen molar-refractivity contribution in [3.63, 3.8) is 0 Å². The molecular formula is C21H30O. The highest BCUT2D eigenvalue weighted by molar-refractivity contribution is 5.46. The lowest BCUT2D eigenvalue weighted by atomic mass is 9.51. The second-order valence-electron chi connectivity index (χ2n) is 8.82. The molecule has 4 aliphatic carbocycles. The van der Waals surface area contributed by atoms with Gasteiger partial charge in [0.1, 0.15) is 5.94 Å². The maximum absolute atomic E-state index is 10.9. The van der Waals surface area contributed by atoms with Crippen LogP contribution in [0.5, 0.6) is 0 Å². The molecule has 0 saturated heterocycles. The first kappa shape index (κ1) is 14.8. The van der Waals surface area contributed by atoms with E-state index in [0.29, 0.717) is 11.3 Å². The summed E-state index contributed by atoms with van der Waals surface area (Å²) in [6, 6.07) is 0. The van der Waals surface area contributed by atoms with Gasteiger partial charge in [-0.2, -0.15) is 0 Å².